The summed E-state index contributed by atoms with van der Waals surface area (Å²) in [7, 11) is 0. The summed E-state index contributed by atoms with van der Waals surface area (Å²) in [5.74, 6) is 2.32. The maximum absolute atomic E-state index is 10.3. The van der Waals surface area contributed by atoms with Gasteiger partial charge < -0.3 is 5.11 Å². The third-order valence-electron chi connectivity index (χ3n) is 4.21. The van der Waals surface area contributed by atoms with Crippen molar-refractivity contribution in [3.05, 3.63) is 20.8 Å². The molecule has 1 heterocycles. The molecule has 2 saturated carbocycles. The molecule has 0 radical (unpaired) electrons. The van der Waals surface area contributed by atoms with Gasteiger partial charge in [-0.1, -0.05) is 12.8 Å². The fourth-order valence-corrected chi connectivity index (χ4v) is 4.95. The lowest BCUT2D eigenvalue weighted by Gasteiger charge is -2.08. The van der Waals surface area contributed by atoms with Crippen LogP contribution in [-0.2, 0) is 6.42 Å². The number of halogens is 1. The molecule has 3 atom stereocenters. The normalized spacial score (nSPS) is 34.5. The molecular weight excluding hydrogens is 284 g/mol. The summed E-state index contributed by atoms with van der Waals surface area (Å²) in [5.41, 5.74) is 0. The fraction of sp³-hybridized carbons (Fsp3) is 0.692. The van der Waals surface area contributed by atoms with E-state index in [0.29, 0.717) is 5.92 Å². The number of aliphatic hydroxyl groups excluding tert-OH is 1. The molecule has 88 valence electrons. The van der Waals surface area contributed by atoms with E-state index in [1.165, 1.54) is 34.3 Å². The van der Waals surface area contributed by atoms with Gasteiger partial charge in [0.05, 0.1) is 9.89 Å². The van der Waals surface area contributed by atoms with Gasteiger partial charge in [-0.3, -0.25) is 0 Å². The van der Waals surface area contributed by atoms with Crippen LogP contribution in [0, 0.1) is 17.8 Å². The summed E-state index contributed by atoms with van der Waals surface area (Å²) in [5, 5.41) is 10.3. The third kappa shape index (κ3) is 2.09. The summed E-state index contributed by atoms with van der Waals surface area (Å²) in [6, 6.07) is 4.21. The second-order valence-electron chi connectivity index (χ2n) is 5.17. The van der Waals surface area contributed by atoms with Crippen LogP contribution in [0.5, 0.6) is 0 Å². The third-order valence-corrected chi connectivity index (χ3v) is 5.85. The van der Waals surface area contributed by atoms with Gasteiger partial charge >= 0.3 is 0 Å². The topological polar surface area (TPSA) is 20.2 Å². The van der Waals surface area contributed by atoms with E-state index in [-0.39, 0.29) is 6.10 Å². The molecule has 1 nitrogen and oxygen atoms in total. The molecule has 0 spiro atoms. The maximum Gasteiger partial charge on any atom is 0.0701 e. The van der Waals surface area contributed by atoms with Crippen LogP contribution in [-0.4, -0.2) is 11.2 Å². The molecule has 0 aliphatic heterocycles. The highest BCUT2D eigenvalue weighted by molar-refractivity contribution is 9.11. The molecule has 2 fully saturated rings. The van der Waals surface area contributed by atoms with E-state index in [1.54, 1.807) is 11.3 Å². The smallest absolute Gasteiger partial charge is 0.0701 e. The second-order valence-corrected chi connectivity index (χ2v) is 7.71. The lowest BCUT2D eigenvalue weighted by molar-refractivity contribution is 0.141. The molecule has 3 rings (SSSR count). The van der Waals surface area contributed by atoms with Gasteiger partial charge in [0.1, 0.15) is 0 Å². The zero-order valence-corrected chi connectivity index (χ0v) is 11.6. The lowest BCUT2D eigenvalue weighted by Crippen LogP contribution is -2.14. The predicted molar refractivity (Wildman–Crippen MR) is 70.7 cm³/mol. The van der Waals surface area contributed by atoms with Crippen LogP contribution in [0.2, 0.25) is 0 Å². The molecule has 16 heavy (non-hydrogen) atoms. The Morgan fingerprint density at radius 2 is 2.00 bits per heavy atom. The van der Waals surface area contributed by atoms with E-state index in [2.05, 4.69) is 28.1 Å². The van der Waals surface area contributed by atoms with Gasteiger partial charge in [-0.25, -0.2) is 0 Å². The van der Waals surface area contributed by atoms with Gasteiger partial charge in [-0.2, -0.15) is 0 Å². The Morgan fingerprint density at radius 1 is 1.31 bits per heavy atom. The maximum atomic E-state index is 10.3. The van der Waals surface area contributed by atoms with Crippen LogP contribution >= 0.6 is 27.3 Å². The average molecular weight is 301 g/mol. The summed E-state index contributed by atoms with van der Waals surface area (Å²) < 4.78 is 1.17. The Balaban J connectivity index is 1.60. The highest BCUT2D eigenvalue weighted by atomic mass is 79.9. The van der Waals surface area contributed by atoms with Crippen molar-refractivity contribution in [2.24, 2.45) is 17.8 Å². The number of hydrogen-bond acceptors (Lipinski definition) is 2. The summed E-state index contributed by atoms with van der Waals surface area (Å²) in [6.45, 7) is 0. The summed E-state index contributed by atoms with van der Waals surface area (Å²) in [6.07, 6.45) is 6.25. The Kier molecular flexibility index (Phi) is 3.11. The van der Waals surface area contributed by atoms with Gasteiger partial charge in [0.2, 0.25) is 0 Å². The zero-order valence-electron chi connectivity index (χ0n) is 9.23. The molecule has 1 aromatic rings. The molecular formula is C13H17BrOS. The van der Waals surface area contributed by atoms with Crippen LogP contribution in [0.1, 0.15) is 30.6 Å². The number of aliphatic hydroxyl groups is 1. The Morgan fingerprint density at radius 3 is 2.56 bits per heavy atom. The highest BCUT2D eigenvalue weighted by Gasteiger charge is 2.53. The van der Waals surface area contributed by atoms with Crippen molar-refractivity contribution in [3.63, 3.8) is 0 Å². The van der Waals surface area contributed by atoms with Crippen LogP contribution in [0.4, 0.5) is 0 Å². The van der Waals surface area contributed by atoms with Crippen molar-refractivity contribution in [1.82, 2.24) is 0 Å². The Bertz CT molecular complexity index is 364. The minimum absolute atomic E-state index is 0.0985. The minimum atomic E-state index is -0.0985. The van der Waals surface area contributed by atoms with Crippen LogP contribution < -0.4 is 0 Å². The molecule has 1 N–H and O–H groups in total. The van der Waals surface area contributed by atoms with Gasteiger partial charge in [0, 0.05) is 11.3 Å². The monoisotopic (exact) mass is 300 g/mol. The van der Waals surface area contributed by atoms with E-state index >= 15 is 0 Å². The molecule has 1 aromatic heterocycles. The lowest BCUT2D eigenvalue weighted by atomic mass is 10.0. The van der Waals surface area contributed by atoms with Crippen molar-refractivity contribution < 1.29 is 5.11 Å². The molecule has 0 aromatic carbocycles. The number of fused-ring (bicyclic) bond motifs is 1. The van der Waals surface area contributed by atoms with Crippen LogP contribution in [0.15, 0.2) is 15.9 Å². The van der Waals surface area contributed by atoms with Gasteiger partial charge in [0.15, 0.2) is 0 Å². The molecule has 3 unspecified atom stereocenters. The first-order valence-corrected chi connectivity index (χ1v) is 7.79. The molecule has 2 aliphatic rings. The number of rotatable bonds is 3. The average Bonchev–Trinajstić information content (AvgIpc) is 2.88. The van der Waals surface area contributed by atoms with E-state index < -0.39 is 0 Å². The van der Waals surface area contributed by atoms with Crippen molar-refractivity contribution in [2.75, 3.05) is 0 Å². The summed E-state index contributed by atoms with van der Waals surface area (Å²) >= 11 is 5.22. The molecule has 0 saturated heterocycles. The summed E-state index contributed by atoms with van der Waals surface area (Å²) in [4.78, 5) is 1.31. The van der Waals surface area contributed by atoms with E-state index in [4.69, 9.17) is 0 Å². The van der Waals surface area contributed by atoms with E-state index in [0.717, 1.165) is 18.3 Å². The highest BCUT2D eigenvalue weighted by Crippen LogP contribution is 2.57. The second kappa shape index (κ2) is 4.43. The number of thiophene rings is 1. The molecule has 0 bridgehead atoms. The molecule has 3 heteroatoms. The van der Waals surface area contributed by atoms with Gasteiger partial charge in [-0.15, -0.1) is 11.3 Å². The van der Waals surface area contributed by atoms with E-state index in [9.17, 15) is 5.11 Å². The fourth-order valence-electron chi connectivity index (χ4n) is 3.42. The first kappa shape index (κ1) is 11.2. The van der Waals surface area contributed by atoms with Gasteiger partial charge in [-0.05, 0) is 58.7 Å². The standard InChI is InChI=1S/C13H17BrOS/c14-12-6-5-8(16-12)7-11(15)13-9-3-1-2-4-10(9)13/h5-6,9-11,13,15H,1-4,7H2. The molecule has 0 amide bonds. The van der Waals surface area contributed by atoms with Crippen molar-refractivity contribution in [3.8, 4) is 0 Å². The van der Waals surface area contributed by atoms with Crippen molar-refractivity contribution in [2.45, 2.75) is 38.2 Å². The van der Waals surface area contributed by atoms with Crippen LogP contribution in [0.3, 0.4) is 0 Å². The first-order valence-electron chi connectivity index (χ1n) is 6.18. The predicted octanol–water partition coefficient (Wildman–Crippen LogP) is 3.85. The Labute approximate surface area is 109 Å². The minimum Gasteiger partial charge on any atom is -0.392 e. The van der Waals surface area contributed by atoms with E-state index in [1.807, 2.05) is 0 Å². The zero-order chi connectivity index (χ0) is 11.1. The first-order chi connectivity index (χ1) is 7.75. The van der Waals surface area contributed by atoms with Crippen molar-refractivity contribution >= 4 is 27.3 Å². The molecule has 2 aliphatic carbocycles. The SMILES string of the molecule is OC(Cc1ccc(Br)s1)C1C2CCCCC21. The van der Waals surface area contributed by atoms with Gasteiger partial charge in [0.25, 0.3) is 0 Å². The number of hydrogen-bond donors (Lipinski definition) is 1. The quantitative estimate of drug-likeness (QED) is 0.899. The van der Waals surface area contributed by atoms with Crippen LogP contribution in [0.25, 0.3) is 0 Å². The Hall–Kier alpha value is 0.140. The largest absolute Gasteiger partial charge is 0.392 e. The van der Waals surface area contributed by atoms with Crippen molar-refractivity contribution in [1.29, 1.82) is 0 Å².